The highest BCUT2D eigenvalue weighted by Crippen LogP contribution is 2.19. The van der Waals surface area contributed by atoms with E-state index in [2.05, 4.69) is 5.32 Å². The fourth-order valence-electron chi connectivity index (χ4n) is 1.38. The lowest BCUT2D eigenvalue weighted by atomic mass is 10.0. The number of carbonyl (C=O) groups excluding carboxylic acids is 1. The number of halogens is 1. The summed E-state index contributed by atoms with van der Waals surface area (Å²) in [6.07, 6.45) is 0. The van der Waals surface area contributed by atoms with Crippen LogP contribution in [0.1, 0.15) is 24.2 Å². The number of aliphatic hydroxyl groups is 1. The molecule has 0 spiro atoms. The minimum Gasteiger partial charge on any atom is -0.399 e. The Morgan fingerprint density at radius 1 is 1.53 bits per heavy atom. The van der Waals surface area contributed by atoms with Gasteiger partial charge in [0.15, 0.2) is 0 Å². The van der Waals surface area contributed by atoms with E-state index in [9.17, 15) is 4.79 Å². The minimum absolute atomic E-state index is 0.101. The van der Waals surface area contributed by atoms with Crippen LogP contribution in [0.3, 0.4) is 0 Å². The maximum Gasteiger partial charge on any atom is 0.253 e. The number of rotatable bonds is 4. The first-order valence-electron chi connectivity index (χ1n) is 5.42. The number of hydrogen-bond acceptors (Lipinski definition) is 3. The number of nitrogens with two attached hydrogens (primary N) is 1. The van der Waals surface area contributed by atoms with E-state index in [0.29, 0.717) is 16.3 Å². The Kier molecular flexibility index (Phi) is 4.78. The zero-order valence-electron chi connectivity index (χ0n) is 9.90. The van der Waals surface area contributed by atoms with Crippen molar-refractivity contribution >= 4 is 23.2 Å². The van der Waals surface area contributed by atoms with Gasteiger partial charge < -0.3 is 16.2 Å². The van der Waals surface area contributed by atoms with Crippen molar-refractivity contribution < 1.29 is 9.90 Å². The fraction of sp³-hybridized carbons (Fsp3) is 0.417. The van der Waals surface area contributed by atoms with Crippen LogP contribution in [0.15, 0.2) is 18.2 Å². The van der Waals surface area contributed by atoms with Gasteiger partial charge in [-0.3, -0.25) is 4.79 Å². The van der Waals surface area contributed by atoms with E-state index in [1.54, 1.807) is 12.1 Å². The molecule has 1 atom stereocenters. The van der Waals surface area contributed by atoms with Crippen LogP contribution in [-0.2, 0) is 0 Å². The normalized spacial score (nSPS) is 12.5. The van der Waals surface area contributed by atoms with E-state index in [1.807, 2.05) is 13.8 Å². The van der Waals surface area contributed by atoms with E-state index < -0.39 is 0 Å². The van der Waals surface area contributed by atoms with Crippen molar-refractivity contribution in [2.45, 2.75) is 19.9 Å². The van der Waals surface area contributed by atoms with Gasteiger partial charge in [-0.15, -0.1) is 0 Å². The Balaban J connectivity index is 2.82. The van der Waals surface area contributed by atoms with Gasteiger partial charge in [0.2, 0.25) is 0 Å². The maximum atomic E-state index is 11.9. The number of hydrogen-bond donors (Lipinski definition) is 3. The average Bonchev–Trinajstić information content (AvgIpc) is 2.24. The first kappa shape index (κ1) is 13.8. The third-order valence-electron chi connectivity index (χ3n) is 2.56. The van der Waals surface area contributed by atoms with Gasteiger partial charge in [-0.25, -0.2) is 0 Å². The lowest BCUT2D eigenvalue weighted by molar-refractivity contribution is 0.0897. The van der Waals surface area contributed by atoms with Crippen LogP contribution in [0.4, 0.5) is 5.69 Å². The average molecular weight is 257 g/mol. The van der Waals surface area contributed by atoms with Crippen LogP contribution >= 0.6 is 11.6 Å². The third kappa shape index (κ3) is 3.61. The lowest BCUT2D eigenvalue weighted by Gasteiger charge is -2.20. The van der Waals surface area contributed by atoms with E-state index in [0.717, 1.165) is 0 Å². The molecule has 0 aliphatic heterocycles. The van der Waals surface area contributed by atoms with Gasteiger partial charge in [0.25, 0.3) is 5.91 Å². The molecule has 0 heterocycles. The molecule has 0 aliphatic rings. The molecule has 0 bridgehead atoms. The Morgan fingerprint density at radius 3 is 2.65 bits per heavy atom. The number of aliphatic hydroxyl groups excluding tert-OH is 1. The monoisotopic (exact) mass is 256 g/mol. The van der Waals surface area contributed by atoms with Crippen molar-refractivity contribution in [1.82, 2.24) is 5.32 Å². The Bertz CT molecular complexity index is 407. The molecule has 0 saturated heterocycles. The van der Waals surface area contributed by atoms with Crippen LogP contribution in [0, 0.1) is 5.92 Å². The van der Waals surface area contributed by atoms with Crippen LogP contribution in [0.5, 0.6) is 0 Å². The highest BCUT2D eigenvalue weighted by Gasteiger charge is 2.17. The molecule has 1 aromatic rings. The highest BCUT2D eigenvalue weighted by molar-refractivity contribution is 6.34. The van der Waals surface area contributed by atoms with Crippen LogP contribution < -0.4 is 11.1 Å². The van der Waals surface area contributed by atoms with Gasteiger partial charge in [0, 0.05) is 5.69 Å². The van der Waals surface area contributed by atoms with Crippen LogP contribution in [0.2, 0.25) is 5.02 Å². The first-order chi connectivity index (χ1) is 7.95. The number of amides is 1. The van der Waals surface area contributed by atoms with Crippen LogP contribution in [-0.4, -0.2) is 23.7 Å². The van der Waals surface area contributed by atoms with Gasteiger partial charge in [-0.05, 0) is 24.1 Å². The molecule has 1 amide bonds. The number of anilines is 1. The quantitative estimate of drug-likeness (QED) is 0.718. The van der Waals surface area contributed by atoms with Gasteiger partial charge in [-0.2, -0.15) is 0 Å². The molecule has 0 saturated carbocycles. The van der Waals surface area contributed by atoms with Crippen molar-refractivity contribution in [2.75, 3.05) is 12.3 Å². The molecule has 0 aliphatic carbocycles. The Morgan fingerprint density at radius 2 is 2.18 bits per heavy atom. The summed E-state index contributed by atoms with van der Waals surface area (Å²) in [4.78, 5) is 11.9. The van der Waals surface area contributed by atoms with Crippen molar-refractivity contribution in [2.24, 2.45) is 5.92 Å². The van der Waals surface area contributed by atoms with E-state index in [-0.39, 0.29) is 24.5 Å². The van der Waals surface area contributed by atoms with E-state index >= 15 is 0 Å². The Labute approximate surface area is 106 Å². The second-order valence-corrected chi connectivity index (χ2v) is 4.65. The van der Waals surface area contributed by atoms with Crippen molar-refractivity contribution in [1.29, 1.82) is 0 Å². The molecule has 4 N–H and O–H groups in total. The standard InChI is InChI=1S/C12H17ClN2O2/c1-7(2)11(6-16)15-12(17)9-4-3-8(14)5-10(9)13/h3-5,7,11,16H,6,14H2,1-2H3,(H,15,17)/t11-/m1/s1. The molecule has 1 aromatic carbocycles. The number of nitrogen functional groups attached to an aromatic ring is 1. The second kappa shape index (κ2) is 5.89. The van der Waals surface area contributed by atoms with E-state index in [4.69, 9.17) is 22.4 Å². The summed E-state index contributed by atoms with van der Waals surface area (Å²) in [5, 5.41) is 12.2. The third-order valence-corrected chi connectivity index (χ3v) is 2.87. The summed E-state index contributed by atoms with van der Waals surface area (Å²) >= 11 is 5.93. The number of benzene rings is 1. The molecule has 94 valence electrons. The molecular formula is C12H17ClN2O2. The van der Waals surface area contributed by atoms with Gasteiger partial charge >= 0.3 is 0 Å². The summed E-state index contributed by atoms with van der Waals surface area (Å²) in [5.74, 6) is -0.153. The summed E-state index contributed by atoms with van der Waals surface area (Å²) in [6.45, 7) is 3.74. The molecule has 17 heavy (non-hydrogen) atoms. The van der Waals surface area contributed by atoms with Gasteiger partial charge in [0.1, 0.15) is 0 Å². The minimum atomic E-state index is -0.303. The smallest absolute Gasteiger partial charge is 0.253 e. The molecule has 4 nitrogen and oxygen atoms in total. The molecule has 0 aromatic heterocycles. The largest absolute Gasteiger partial charge is 0.399 e. The van der Waals surface area contributed by atoms with Gasteiger partial charge in [-0.1, -0.05) is 25.4 Å². The molecular weight excluding hydrogens is 240 g/mol. The summed E-state index contributed by atoms with van der Waals surface area (Å²) in [6, 6.07) is 4.43. The number of carbonyl (C=O) groups is 1. The SMILES string of the molecule is CC(C)[C@@H](CO)NC(=O)c1ccc(N)cc1Cl. The van der Waals surface area contributed by atoms with Crippen molar-refractivity contribution in [3.8, 4) is 0 Å². The van der Waals surface area contributed by atoms with Crippen molar-refractivity contribution in [3.63, 3.8) is 0 Å². The molecule has 0 radical (unpaired) electrons. The second-order valence-electron chi connectivity index (χ2n) is 4.25. The highest BCUT2D eigenvalue weighted by atomic mass is 35.5. The Hall–Kier alpha value is -1.26. The molecule has 0 fully saturated rings. The van der Waals surface area contributed by atoms with Gasteiger partial charge in [0.05, 0.1) is 23.2 Å². The predicted octanol–water partition coefficient (Wildman–Crippen LogP) is 1.67. The topological polar surface area (TPSA) is 75.3 Å². The predicted molar refractivity (Wildman–Crippen MR) is 69.0 cm³/mol. The van der Waals surface area contributed by atoms with E-state index in [1.165, 1.54) is 6.07 Å². The molecule has 1 rings (SSSR count). The summed E-state index contributed by atoms with van der Waals surface area (Å²) in [5.41, 5.74) is 6.42. The maximum absolute atomic E-state index is 11.9. The molecule has 5 heteroatoms. The number of nitrogens with one attached hydrogen (secondary N) is 1. The molecule has 0 unspecified atom stereocenters. The van der Waals surface area contributed by atoms with Crippen LogP contribution in [0.25, 0.3) is 0 Å². The first-order valence-corrected chi connectivity index (χ1v) is 5.80. The zero-order chi connectivity index (χ0) is 13.0. The summed E-state index contributed by atoms with van der Waals surface area (Å²) < 4.78 is 0. The zero-order valence-corrected chi connectivity index (χ0v) is 10.7. The summed E-state index contributed by atoms with van der Waals surface area (Å²) in [7, 11) is 0. The van der Waals surface area contributed by atoms with Crippen molar-refractivity contribution in [3.05, 3.63) is 28.8 Å². The fourth-order valence-corrected chi connectivity index (χ4v) is 1.66. The lowest BCUT2D eigenvalue weighted by Crippen LogP contribution is -2.41.